The van der Waals surface area contributed by atoms with Gasteiger partial charge in [-0.2, -0.15) is 0 Å². The Labute approximate surface area is 133 Å². The number of imidazole rings is 1. The van der Waals surface area contributed by atoms with Gasteiger partial charge >= 0.3 is 0 Å². The van der Waals surface area contributed by atoms with Crippen LogP contribution in [0.1, 0.15) is 5.56 Å². The van der Waals surface area contributed by atoms with E-state index in [2.05, 4.69) is 9.97 Å². The largest absolute Gasteiger partial charge is 0.394 e. The fourth-order valence-electron chi connectivity index (χ4n) is 2.61. The monoisotopic (exact) mass is 313 g/mol. The van der Waals surface area contributed by atoms with Gasteiger partial charge in [-0.1, -0.05) is 18.2 Å². The quantitative estimate of drug-likeness (QED) is 0.679. The summed E-state index contributed by atoms with van der Waals surface area (Å²) in [5.74, 6) is 0.613. The number of nitrogens with one attached hydrogen (secondary N) is 1. The van der Waals surface area contributed by atoms with Crippen LogP contribution in [0.3, 0.4) is 0 Å². The third-order valence-corrected chi connectivity index (χ3v) is 3.76. The Bertz CT molecular complexity index is 867. The molecule has 0 bridgehead atoms. The molecule has 0 aliphatic carbocycles. The van der Waals surface area contributed by atoms with Crippen LogP contribution in [0.4, 0.5) is 0 Å². The van der Waals surface area contributed by atoms with Crippen LogP contribution in [0.2, 0.25) is 0 Å². The third-order valence-electron chi connectivity index (χ3n) is 3.76. The van der Waals surface area contributed by atoms with Crippen molar-refractivity contribution in [3.05, 3.63) is 52.6 Å². The minimum Gasteiger partial charge on any atom is -0.394 e. The van der Waals surface area contributed by atoms with Gasteiger partial charge in [0.1, 0.15) is 5.82 Å². The lowest BCUT2D eigenvalue weighted by Crippen LogP contribution is -2.14. The van der Waals surface area contributed by atoms with Crippen molar-refractivity contribution in [1.82, 2.24) is 14.5 Å². The van der Waals surface area contributed by atoms with E-state index in [1.807, 2.05) is 42.0 Å². The van der Waals surface area contributed by atoms with Crippen LogP contribution in [0.5, 0.6) is 0 Å². The second-order valence-corrected chi connectivity index (χ2v) is 5.33. The molecule has 3 aromatic rings. The van der Waals surface area contributed by atoms with E-state index in [0.29, 0.717) is 31.1 Å². The fourth-order valence-corrected chi connectivity index (χ4v) is 2.61. The summed E-state index contributed by atoms with van der Waals surface area (Å²) < 4.78 is 7.16. The fraction of sp³-hybridized carbons (Fsp3) is 0.294. The molecule has 0 amide bonds. The molecule has 0 saturated heterocycles. The van der Waals surface area contributed by atoms with Gasteiger partial charge in [-0.05, 0) is 23.9 Å². The Hall–Kier alpha value is -2.44. The minimum atomic E-state index is -0.157. The van der Waals surface area contributed by atoms with Crippen molar-refractivity contribution in [3.63, 3.8) is 0 Å². The zero-order chi connectivity index (χ0) is 16.2. The van der Waals surface area contributed by atoms with Crippen molar-refractivity contribution < 1.29 is 9.84 Å². The molecule has 0 aliphatic rings. The molecule has 0 radical (unpaired) electrons. The Morgan fingerprint density at radius 2 is 2.22 bits per heavy atom. The van der Waals surface area contributed by atoms with E-state index >= 15 is 0 Å². The molecule has 23 heavy (non-hydrogen) atoms. The molecule has 1 aromatic carbocycles. The predicted molar refractivity (Wildman–Crippen MR) is 88.4 cm³/mol. The Balaban J connectivity index is 1.96. The second-order valence-electron chi connectivity index (χ2n) is 5.33. The molecule has 2 heterocycles. The van der Waals surface area contributed by atoms with E-state index in [9.17, 15) is 4.79 Å². The summed E-state index contributed by atoms with van der Waals surface area (Å²) in [5, 5.41) is 9.70. The number of hydrogen-bond donors (Lipinski definition) is 2. The molecule has 6 heteroatoms. The molecule has 0 fully saturated rings. The number of aliphatic hydroxyl groups is 1. The van der Waals surface area contributed by atoms with Crippen molar-refractivity contribution in [2.75, 3.05) is 19.8 Å². The number of para-hydroxylation sites is 1. The van der Waals surface area contributed by atoms with Crippen LogP contribution in [0.15, 0.2) is 41.5 Å². The lowest BCUT2D eigenvalue weighted by Gasteiger charge is -2.09. The first kappa shape index (κ1) is 15.5. The summed E-state index contributed by atoms with van der Waals surface area (Å²) in [6, 6.07) is 7.78. The molecule has 6 nitrogen and oxygen atoms in total. The maximum absolute atomic E-state index is 12.4. The first-order valence-electron chi connectivity index (χ1n) is 7.53. The van der Waals surface area contributed by atoms with E-state index < -0.39 is 0 Å². The molecule has 0 aliphatic heterocycles. The van der Waals surface area contributed by atoms with Crippen LogP contribution in [0, 0.1) is 6.92 Å². The van der Waals surface area contributed by atoms with Crippen molar-refractivity contribution in [2.24, 2.45) is 0 Å². The number of hydrogen-bond acceptors (Lipinski definition) is 4. The van der Waals surface area contributed by atoms with Gasteiger partial charge in [0, 0.05) is 18.9 Å². The average molecular weight is 313 g/mol. The molecule has 3 rings (SSSR count). The SMILES string of the molecule is Cc1cccc2cc(-c3nccn3CCOCCO)c(=O)[nH]c12. The molecule has 2 N–H and O–H groups in total. The van der Waals surface area contributed by atoms with E-state index in [4.69, 9.17) is 9.84 Å². The average Bonchev–Trinajstić information content (AvgIpc) is 3.00. The standard InChI is InChI=1S/C17H19N3O3/c1-12-3-2-4-13-11-14(17(22)19-15(12)13)16-18-5-6-20(16)7-9-23-10-8-21/h2-6,11,21H,7-10H2,1H3,(H,19,22). The first-order valence-corrected chi connectivity index (χ1v) is 7.53. The number of pyridine rings is 1. The molecule has 0 saturated carbocycles. The number of nitrogens with zero attached hydrogens (tertiary/aromatic N) is 2. The number of aryl methyl sites for hydroxylation is 1. The van der Waals surface area contributed by atoms with Crippen molar-refractivity contribution in [2.45, 2.75) is 13.5 Å². The van der Waals surface area contributed by atoms with Gasteiger partial charge in [0.25, 0.3) is 5.56 Å². The van der Waals surface area contributed by atoms with Gasteiger partial charge in [0.2, 0.25) is 0 Å². The number of aromatic nitrogens is 3. The van der Waals surface area contributed by atoms with E-state index in [1.165, 1.54) is 0 Å². The van der Waals surface area contributed by atoms with Crippen LogP contribution < -0.4 is 5.56 Å². The second kappa shape index (κ2) is 6.76. The van der Waals surface area contributed by atoms with Gasteiger partial charge in [0.15, 0.2) is 0 Å². The molecular formula is C17H19N3O3. The highest BCUT2D eigenvalue weighted by Gasteiger charge is 2.12. The summed E-state index contributed by atoms with van der Waals surface area (Å²) in [4.78, 5) is 19.7. The Morgan fingerprint density at radius 1 is 1.35 bits per heavy atom. The Kier molecular flexibility index (Phi) is 4.55. The van der Waals surface area contributed by atoms with Gasteiger partial charge in [-0.3, -0.25) is 4.79 Å². The van der Waals surface area contributed by atoms with Crippen molar-refractivity contribution in [3.8, 4) is 11.4 Å². The number of aliphatic hydroxyl groups excluding tert-OH is 1. The Morgan fingerprint density at radius 3 is 3.04 bits per heavy atom. The zero-order valence-corrected chi connectivity index (χ0v) is 13.0. The molecule has 0 spiro atoms. The summed E-state index contributed by atoms with van der Waals surface area (Å²) in [6.45, 7) is 3.30. The van der Waals surface area contributed by atoms with Crippen LogP contribution in [-0.4, -0.2) is 39.5 Å². The number of ether oxygens (including phenoxy) is 1. The number of benzene rings is 1. The molecule has 0 atom stereocenters. The molecule has 0 unspecified atom stereocenters. The number of aromatic amines is 1. The third kappa shape index (κ3) is 3.18. The van der Waals surface area contributed by atoms with Gasteiger partial charge in [-0.25, -0.2) is 4.98 Å². The molecule has 120 valence electrons. The highest BCUT2D eigenvalue weighted by atomic mass is 16.5. The zero-order valence-electron chi connectivity index (χ0n) is 13.0. The topological polar surface area (TPSA) is 80.1 Å². The van der Waals surface area contributed by atoms with Crippen LogP contribution in [-0.2, 0) is 11.3 Å². The van der Waals surface area contributed by atoms with Gasteiger partial charge in [0.05, 0.1) is 30.9 Å². The number of H-pyrrole nitrogens is 1. The lowest BCUT2D eigenvalue weighted by molar-refractivity contribution is 0.0872. The molecule has 2 aromatic heterocycles. The minimum absolute atomic E-state index is 0.000476. The molecular weight excluding hydrogens is 294 g/mol. The van der Waals surface area contributed by atoms with Crippen LogP contribution in [0.25, 0.3) is 22.3 Å². The summed E-state index contributed by atoms with van der Waals surface area (Å²) in [6.07, 6.45) is 3.48. The highest BCUT2D eigenvalue weighted by molar-refractivity contribution is 5.84. The van der Waals surface area contributed by atoms with Crippen molar-refractivity contribution >= 4 is 10.9 Å². The van der Waals surface area contributed by atoms with Gasteiger partial charge < -0.3 is 19.4 Å². The normalized spacial score (nSPS) is 11.2. The summed E-state index contributed by atoms with van der Waals surface area (Å²) in [7, 11) is 0. The number of rotatable bonds is 6. The smallest absolute Gasteiger partial charge is 0.259 e. The van der Waals surface area contributed by atoms with Gasteiger partial charge in [-0.15, -0.1) is 0 Å². The van der Waals surface area contributed by atoms with E-state index in [0.717, 1.165) is 16.5 Å². The first-order chi connectivity index (χ1) is 11.2. The highest BCUT2D eigenvalue weighted by Crippen LogP contribution is 2.20. The summed E-state index contributed by atoms with van der Waals surface area (Å²) in [5.41, 5.74) is 2.27. The maximum Gasteiger partial charge on any atom is 0.259 e. The van der Waals surface area contributed by atoms with E-state index in [-0.39, 0.29) is 12.2 Å². The van der Waals surface area contributed by atoms with E-state index in [1.54, 1.807) is 6.20 Å². The lowest BCUT2D eigenvalue weighted by atomic mass is 10.1. The summed E-state index contributed by atoms with van der Waals surface area (Å²) >= 11 is 0. The predicted octanol–water partition coefficient (Wildman–Crippen LogP) is 1.71. The van der Waals surface area contributed by atoms with Crippen molar-refractivity contribution in [1.29, 1.82) is 0 Å². The van der Waals surface area contributed by atoms with Crippen LogP contribution >= 0.6 is 0 Å². The number of fused-ring (bicyclic) bond motifs is 1. The maximum atomic E-state index is 12.4.